The summed E-state index contributed by atoms with van der Waals surface area (Å²) in [5.74, 6) is 2.37. The third-order valence-corrected chi connectivity index (χ3v) is 4.28. The monoisotopic (exact) mass is 332 g/mol. The first-order valence-corrected chi connectivity index (χ1v) is 8.36. The Morgan fingerprint density at radius 3 is 2.96 bits per heavy atom. The van der Waals surface area contributed by atoms with Gasteiger partial charge in [0.2, 0.25) is 6.79 Å². The van der Waals surface area contributed by atoms with Gasteiger partial charge in [-0.2, -0.15) is 0 Å². The Morgan fingerprint density at radius 1 is 1.30 bits per heavy atom. The van der Waals surface area contributed by atoms with Gasteiger partial charge in [0, 0.05) is 31.9 Å². The molecule has 0 aliphatic carbocycles. The van der Waals surface area contributed by atoms with Crippen molar-refractivity contribution in [3.8, 4) is 11.5 Å². The lowest BCUT2D eigenvalue weighted by Crippen LogP contribution is -2.37. The molecule has 122 valence electrons. The molecule has 0 unspecified atom stereocenters. The molecule has 6 nitrogen and oxygen atoms in total. The van der Waals surface area contributed by atoms with Gasteiger partial charge in [-0.15, -0.1) is 11.3 Å². The van der Waals surface area contributed by atoms with Crippen molar-refractivity contribution in [2.45, 2.75) is 19.9 Å². The summed E-state index contributed by atoms with van der Waals surface area (Å²) in [5, 5.41) is 9.79. The molecule has 1 aliphatic heterocycles. The molecule has 0 amide bonds. The van der Waals surface area contributed by atoms with E-state index in [1.807, 2.05) is 25.1 Å². The van der Waals surface area contributed by atoms with Gasteiger partial charge in [0.1, 0.15) is 0 Å². The highest BCUT2D eigenvalue weighted by atomic mass is 32.1. The number of nitrogens with one attached hydrogen (secondary N) is 2. The largest absolute Gasteiger partial charge is 0.454 e. The van der Waals surface area contributed by atoms with Crippen LogP contribution in [0.4, 0.5) is 0 Å². The van der Waals surface area contributed by atoms with Crippen molar-refractivity contribution >= 4 is 17.3 Å². The molecule has 7 heteroatoms. The second-order valence-corrected chi connectivity index (χ2v) is 6.21. The Hall–Kier alpha value is -2.28. The van der Waals surface area contributed by atoms with Crippen molar-refractivity contribution in [3.05, 3.63) is 39.8 Å². The number of hydrogen-bond acceptors (Lipinski definition) is 5. The van der Waals surface area contributed by atoms with Crippen LogP contribution in [0.3, 0.4) is 0 Å². The summed E-state index contributed by atoms with van der Waals surface area (Å²) in [6, 6.07) is 5.94. The summed E-state index contributed by atoms with van der Waals surface area (Å²) in [5.41, 5.74) is 2.23. The van der Waals surface area contributed by atoms with Crippen molar-refractivity contribution in [1.29, 1.82) is 0 Å². The Labute approximate surface area is 139 Å². The number of hydrogen-bond donors (Lipinski definition) is 2. The first kappa shape index (κ1) is 15.6. The highest BCUT2D eigenvalue weighted by Crippen LogP contribution is 2.32. The minimum Gasteiger partial charge on any atom is -0.454 e. The smallest absolute Gasteiger partial charge is 0.231 e. The molecule has 0 saturated carbocycles. The van der Waals surface area contributed by atoms with E-state index in [-0.39, 0.29) is 0 Å². The average molecular weight is 332 g/mol. The van der Waals surface area contributed by atoms with Gasteiger partial charge in [-0.05, 0) is 24.6 Å². The van der Waals surface area contributed by atoms with Crippen LogP contribution >= 0.6 is 11.3 Å². The fourth-order valence-electron chi connectivity index (χ4n) is 2.29. The Kier molecular flexibility index (Phi) is 4.97. The molecular weight excluding hydrogens is 312 g/mol. The molecule has 2 N–H and O–H groups in total. The van der Waals surface area contributed by atoms with Crippen LogP contribution in [0.15, 0.2) is 28.6 Å². The van der Waals surface area contributed by atoms with Gasteiger partial charge in [0.15, 0.2) is 17.5 Å². The molecule has 23 heavy (non-hydrogen) atoms. The van der Waals surface area contributed by atoms with Crippen molar-refractivity contribution in [3.63, 3.8) is 0 Å². The molecule has 0 fully saturated rings. The van der Waals surface area contributed by atoms with E-state index in [0.29, 0.717) is 13.3 Å². The zero-order chi connectivity index (χ0) is 16.1. The number of rotatable bonds is 5. The third-order valence-electron chi connectivity index (χ3n) is 3.46. The highest BCUT2D eigenvalue weighted by Gasteiger charge is 2.13. The van der Waals surface area contributed by atoms with Crippen LogP contribution in [0.1, 0.15) is 16.3 Å². The second kappa shape index (κ2) is 7.32. The number of aryl methyl sites for hydroxylation is 1. The van der Waals surface area contributed by atoms with Crippen molar-refractivity contribution in [1.82, 2.24) is 15.6 Å². The Bertz CT molecular complexity index is 699. The van der Waals surface area contributed by atoms with Gasteiger partial charge in [-0.1, -0.05) is 6.07 Å². The molecule has 0 atom stereocenters. The number of aromatic nitrogens is 1. The van der Waals surface area contributed by atoms with E-state index in [1.165, 1.54) is 0 Å². The van der Waals surface area contributed by atoms with Crippen LogP contribution in [0.5, 0.6) is 11.5 Å². The van der Waals surface area contributed by atoms with E-state index in [4.69, 9.17) is 9.47 Å². The van der Waals surface area contributed by atoms with Crippen LogP contribution in [0, 0.1) is 6.92 Å². The molecule has 0 bridgehead atoms. The third kappa shape index (κ3) is 4.13. The summed E-state index contributed by atoms with van der Waals surface area (Å²) in [6.07, 6.45) is 0.884. The van der Waals surface area contributed by atoms with E-state index in [0.717, 1.165) is 46.7 Å². The minimum atomic E-state index is 0.297. The van der Waals surface area contributed by atoms with E-state index >= 15 is 0 Å². The van der Waals surface area contributed by atoms with E-state index in [9.17, 15) is 0 Å². The lowest BCUT2D eigenvalue weighted by atomic mass is 10.2. The quantitative estimate of drug-likeness (QED) is 0.648. The van der Waals surface area contributed by atoms with E-state index in [1.54, 1.807) is 18.4 Å². The SMILES string of the molecule is CN=C(NCCc1csc(C)n1)NCc1ccc2c(c1)OCO2. The topological polar surface area (TPSA) is 67.8 Å². The maximum atomic E-state index is 5.39. The van der Waals surface area contributed by atoms with Crippen molar-refractivity contribution in [2.24, 2.45) is 4.99 Å². The van der Waals surface area contributed by atoms with Crippen LogP contribution in [0.25, 0.3) is 0 Å². The van der Waals surface area contributed by atoms with Gasteiger partial charge >= 0.3 is 0 Å². The Balaban J connectivity index is 1.46. The second-order valence-electron chi connectivity index (χ2n) is 5.15. The first-order chi connectivity index (χ1) is 11.2. The molecule has 1 aromatic heterocycles. The normalized spacial score (nSPS) is 13.2. The van der Waals surface area contributed by atoms with Gasteiger partial charge < -0.3 is 20.1 Å². The van der Waals surface area contributed by atoms with Crippen LogP contribution < -0.4 is 20.1 Å². The van der Waals surface area contributed by atoms with Crippen LogP contribution in [-0.2, 0) is 13.0 Å². The fraction of sp³-hybridized carbons (Fsp3) is 0.375. The lowest BCUT2D eigenvalue weighted by Gasteiger charge is -2.11. The van der Waals surface area contributed by atoms with Gasteiger partial charge in [-0.25, -0.2) is 4.98 Å². The summed E-state index contributed by atoms with van der Waals surface area (Å²) < 4.78 is 10.7. The minimum absolute atomic E-state index is 0.297. The summed E-state index contributed by atoms with van der Waals surface area (Å²) in [4.78, 5) is 8.69. The maximum absolute atomic E-state index is 5.39. The van der Waals surface area contributed by atoms with Gasteiger partial charge in [0.25, 0.3) is 0 Å². The molecule has 2 aromatic rings. The number of fused-ring (bicyclic) bond motifs is 1. The predicted octanol–water partition coefficient (Wildman–Crippen LogP) is 2.09. The lowest BCUT2D eigenvalue weighted by molar-refractivity contribution is 0.174. The molecule has 0 saturated heterocycles. The van der Waals surface area contributed by atoms with E-state index < -0.39 is 0 Å². The molecule has 1 aromatic carbocycles. The molecule has 2 heterocycles. The molecule has 0 radical (unpaired) electrons. The van der Waals surface area contributed by atoms with Gasteiger partial charge in [-0.3, -0.25) is 4.99 Å². The number of thiazole rings is 1. The zero-order valence-corrected chi connectivity index (χ0v) is 14.1. The molecule has 1 aliphatic rings. The van der Waals surface area contributed by atoms with E-state index in [2.05, 4.69) is 26.0 Å². The molecule has 0 spiro atoms. The van der Waals surface area contributed by atoms with Crippen LogP contribution in [0.2, 0.25) is 0 Å². The van der Waals surface area contributed by atoms with Crippen molar-refractivity contribution < 1.29 is 9.47 Å². The summed E-state index contributed by atoms with van der Waals surface area (Å²) in [7, 11) is 1.77. The fourth-order valence-corrected chi connectivity index (χ4v) is 2.94. The summed E-state index contributed by atoms with van der Waals surface area (Å²) in [6.45, 7) is 3.79. The number of ether oxygens (including phenoxy) is 2. The number of guanidine groups is 1. The standard InChI is InChI=1S/C16H20N4O2S/c1-11-20-13(9-23-11)5-6-18-16(17-2)19-8-12-3-4-14-15(7-12)22-10-21-14/h3-4,7,9H,5-6,8,10H2,1-2H3,(H2,17,18,19). The predicted molar refractivity (Wildman–Crippen MR) is 91.3 cm³/mol. The average Bonchev–Trinajstić information content (AvgIpc) is 3.18. The number of benzene rings is 1. The van der Waals surface area contributed by atoms with Gasteiger partial charge in [0.05, 0.1) is 10.7 Å². The number of aliphatic imine (C=N–C) groups is 1. The van der Waals surface area contributed by atoms with Crippen LogP contribution in [-0.4, -0.2) is 31.3 Å². The maximum Gasteiger partial charge on any atom is 0.231 e. The highest BCUT2D eigenvalue weighted by molar-refractivity contribution is 7.09. The Morgan fingerprint density at radius 2 is 2.17 bits per heavy atom. The summed E-state index contributed by atoms with van der Waals surface area (Å²) >= 11 is 1.68. The molecular formula is C16H20N4O2S. The van der Waals surface area contributed by atoms with Crippen molar-refractivity contribution in [2.75, 3.05) is 20.4 Å². The molecule has 3 rings (SSSR count). The first-order valence-electron chi connectivity index (χ1n) is 7.48. The number of nitrogens with zero attached hydrogens (tertiary/aromatic N) is 2. The zero-order valence-electron chi connectivity index (χ0n) is 13.3.